The number of benzene rings is 2. The quantitative estimate of drug-likeness (QED) is 0.944. The van der Waals surface area contributed by atoms with Crippen molar-refractivity contribution in [3.8, 4) is 17.2 Å². The summed E-state index contributed by atoms with van der Waals surface area (Å²) < 4.78 is 16.3. The van der Waals surface area contributed by atoms with E-state index >= 15 is 0 Å². The number of ether oxygens (including phenoxy) is 3. The van der Waals surface area contributed by atoms with Crippen molar-refractivity contribution >= 4 is 11.6 Å². The van der Waals surface area contributed by atoms with Gasteiger partial charge in [0.2, 0.25) is 0 Å². The van der Waals surface area contributed by atoms with Crippen LogP contribution < -0.4 is 19.5 Å². The molecule has 3 rings (SSSR count). The minimum atomic E-state index is -0.221. The van der Waals surface area contributed by atoms with Gasteiger partial charge in [0.25, 0.3) is 5.91 Å². The molecule has 1 N–H and O–H groups in total. The summed E-state index contributed by atoms with van der Waals surface area (Å²) in [7, 11) is 1.56. The third kappa shape index (κ3) is 3.08. The largest absolute Gasteiger partial charge is 0.496 e. The molecule has 0 unspecified atom stereocenters. The van der Waals surface area contributed by atoms with Crippen LogP contribution in [-0.2, 0) is 0 Å². The molecule has 0 spiro atoms. The van der Waals surface area contributed by atoms with Gasteiger partial charge in [0, 0.05) is 11.8 Å². The number of nitrogens with one attached hydrogen (secondary N) is 1. The number of amides is 1. The highest BCUT2D eigenvalue weighted by atomic mass is 16.6. The molecule has 5 heteroatoms. The first-order valence-corrected chi connectivity index (χ1v) is 7.44. The smallest absolute Gasteiger partial charge is 0.259 e. The van der Waals surface area contributed by atoms with Gasteiger partial charge in [-0.2, -0.15) is 0 Å². The van der Waals surface area contributed by atoms with E-state index in [1.54, 1.807) is 25.3 Å². The molecule has 0 fully saturated rings. The molecule has 0 atom stereocenters. The Bertz CT molecular complexity index is 755. The van der Waals surface area contributed by atoms with Gasteiger partial charge < -0.3 is 19.5 Å². The minimum Gasteiger partial charge on any atom is -0.496 e. The van der Waals surface area contributed by atoms with Gasteiger partial charge in [0.05, 0.1) is 12.7 Å². The van der Waals surface area contributed by atoms with Gasteiger partial charge in [-0.25, -0.2) is 0 Å². The lowest BCUT2D eigenvalue weighted by atomic mass is 10.0. The zero-order valence-electron chi connectivity index (χ0n) is 13.4. The zero-order chi connectivity index (χ0) is 16.4. The number of aryl methyl sites for hydroxylation is 2. The maximum absolute atomic E-state index is 12.6. The number of carbonyl (C=O) groups is 1. The topological polar surface area (TPSA) is 56.8 Å². The highest BCUT2D eigenvalue weighted by Gasteiger charge is 2.16. The lowest BCUT2D eigenvalue weighted by Crippen LogP contribution is -2.17. The number of hydrogen-bond acceptors (Lipinski definition) is 4. The summed E-state index contributed by atoms with van der Waals surface area (Å²) in [6.45, 7) is 5.00. The first kappa shape index (κ1) is 15.2. The van der Waals surface area contributed by atoms with Crippen LogP contribution in [-0.4, -0.2) is 26.2 Å². The van der Waals surface area contributed by atoms with E-state index in [-0.39, 0.29) is 5.91 Å². The Morgan fingerprint density at radius 3 is 2.48 bits per heavy atom. The van der Waals surface area contributed by atoms with Crippen molar-refractivity contribution in [3.05, 3.63) is 47.0 Å². The molecule has 0 saturated heterocycles. The fourth-order valence-electron chi connectivity index (χ4n) is 2.46. The van der Waals surface area contributed by atoms with E-state index in [1.807, 2.05) is 26.0 Å². The lowest BCUT2D eigenvalue weighted by molar-refractivity contribution is 0.102. The van der Waals surface area contributed by atoms with E-state index in [0.717, 1.165) is 11.1 Å². The summed E-state index contributed by atoms with van der Waals surface area (Å²) in [5.74, 6) is 1.67. The van der Waals surface area contributed by atoms with E-state index in [4.69, 9.17) is 14.2 Å². The third-order valence-corrected chi connectivity index (χ3v) is 3.86. The van der Waals surface area contributed by atoms with Crippen molar-refractivity contribution in [2.75, 3.05) is 25.6 Å². The van der Waals surface area contributed by atoms with Crippen LogP contribution in [0.5, 0.6) is 17.2 Å². The highest BCUT2D eigenvalue weighted by molar-refractivity contribution is 6.06. The van der Waals surface area contributed by atoms with Gasteiger partial charge in [0.15, 0.2) is 11.5 Å². The van der Waals surface area contributed by atoms with Crippen LogP contribution in [0.3, 0.4) is 0 Å². The molecule has 120 valence electrons. The second-order valence-electron chi connectivity index (χ2n) is 5.45. The monoisotopic (exact) mass is 313 g/mol. The van der Waals surface area contributed by atoms with Crippen molar-refractivity contribution in [1.82, 2.24) is 0 Å². The zero-order valence-corrected chi connectivity index (χ0v) is 13.4. The minimum absolute atomic E-state index is 0.221. The Morgan fingerprint density at radius 2 is 1.74 bits per heavy atom. The molecule has 0 aromatic heterocycles. The summed E-state index contributed by atoms with van der Waals surface area (Å²) in [5, 5.41) is 2.88. The SMILES string of the molecule is COc1cc(C)c(C)cc1C(=O)Nc1ccc2c(c1)OCCO2. The van der Waals surface area contributed by atoms with Crippen molar-refractivity contribution in [3.63, 3.8) is 0 Å². The molecular weight excluding hydrogens is 294 g/mol. The number of anilines is 1. The predicted molar refractivity (Wildman–Crippen MR) is 87.9 cm³/mol. The number of rotatable bonds is 3. The second kappa shape index (κ2) is 6.20. The lowest BCUT2D eigenvalue weighted by Gasteiger charge is -2.19. The average molecular weight is 313 g/mol. The Kier molecular flexibility index (Phi) is 4.10. The Labute approximate surface area is 135 Å². The van der Waals surface area contributed by atoms with E-state index in [0.29, 0.717) is 41.7 Å². The molecule has 23 heavy (non-hydrogen) atoms. The molecule has 2 aromatic carbocycles. The standard InChI is InChI=1S/C18H19NO4/c1-11-8-14(16(21-3)9-12(11)2)18(20)19-13-4-5-15-17(10-13)23-7-6-22-15/h4-5,8-10H,6-7H2,1-3H3,(H,19,20). The molecule has 1 aliphatic rings. The molecule has 1 amide bonds. The molecule has 0 radical (unpaired) electrons. The molecule has 0 saturated carbocycles. The Hall–Kier alpha value is -2.69. The normalized spacial score (nSPS) is 12.7. The maximum atomic E-state index is 12.6. The molecule has 2 aromatic rings. The first-order valence-electron chi connectivity index (χ1n) is 7.44. The molecule has 0 bridgehead atoms. The van der Waals surface area contributed by atoms with Crippen LogP contribution >= 0.6 is 0 Å². The van der Waals surface area contributed by atoms with Crippen LogP contribution in [0.2, 0.25) is 0 Å². The first-order chi connectivity index (χ1) is 11.1. The van der Waals surface area contributed by atoms with Crippen LogP contribution in [0.4, 0.5) is 5.69 Å². The van der Waals surface area contributed by atoms with Gasteiger partial charge in [-0.15, -0.1) is 0 Å². The number of carbonyl (C=O) groups excluding carboxylic acids is 1. The fourth-order valence-corrected chi connectivity index (χ4v) is 2.46. The van der Waals surface area contributed by atoms with Crippen molar-refractivity contribution in [2.45, 2.75) is 13.8 Å². The predicted octanol–water partition coefficient (Wildman–Crippen LogP) is 3.34. The Balaban J connectivity index is 1.86. The van der Waals surface area contributed by atoms with Crippen LogP contribution in [0.25, 0.3) is 0 Å². The van der Waals surface area contributed by atoms with Crippen LogP contribution in [0.1, 0.15) is 21.5 Å². The fraction of sp³-hybridized carbons (Fsp3) is 0.278. The molecule has 1 aliphatic heterocycles. The average Bonchev–Trinajstić information content (AvgIpc) is 2.56. The van der Waals surface area contributed by atoms with Crippen molar-refractivity contribution in [2.24, 2.45) is 0 Å². The summed E-state index contributed by atoms with van der Waals surface area (Å²) in [6.07, 6.45) is 0. The van der Waals surface area contributed by atoms with Crippen molar-refractivity contribution in [1.29, 1.82) is 0 Å². The second-order valence-corrected chi connectivity index (χ2v) is 5.45. The van der Waals surface area contributed by atoms with E-state index < -0.39 is 0 Å². The summed E-state index contributed by atoms with van der Waals surface area (Å²) >= 11 is 0. The van der Waals surface area contributed by atoms with Crippen LogP contribution in [0.15, 0.2) is 30.3 Å². The molecule has 1 heterocycles. The molecule has 0 aliphatic carbocycles. The van der Waals surface area contributed by atoms with Gasteiger partial charge in [-0.3, -0.25) is 4.79 Å². The summed E-state index contributed by atoms with van der Waals surface area (Å²) in [4.78, 5) is 12.6. The van der Waals surface area contributed by atoms with Gasteiger partial charge in [-0.05, 0) is 49.2 Å². The van der Waals surface area contributed by atoms with Crippen LogP contribution in [0, 0.1) is 13.8 Å². The maximum Gasteiger partial charge on any atom is 0.259 e. The van der Waals surface area contributed by atoms with Gasteiger partial charge in [-0.1, -0.05) is 0 Å². The summed E-state index contributed by atoms with van der Waals surface area (Å²) in [5.41, 5.74) is 3.28. The number of hydrogen-bond donors (Lipinski definition) is 1. The van der Waals surface area contributed by atoms with E-state index in [2.05, 4.69) is 5.32 Å². The van der Waals surface area contributed by atoms with Gasteiger partial charge >= 0.3 is 0 Å². The summed E-state index contributed by atoms with van der Waals surface area (Å²) in [6, 6.07) is 9.05. The molecular formula is C18H19NO4. The Morgan fingerprint density at radius 1 is 1.04 bits per heavy atom. The molecule has 5 nitrogen and oxygen atoms in total. The number of fused-ring (bicyclic) bond motifs is 1. The van der Waals surface area contributed by atoms with Crippen molar-refractivity contribution < 1.29 is 19.0 Å². The van der Waals surface area contributed by atoms with E-state index in [9.17, 15) is 4.79 Å². The highest BCUT2D eigenvalue weighted by Crippen LogP contribution is 2.33. The van der Waals surface area contributed by atoms with E-state index in [1.165, 1.54) is 0 Å². The third-order valence-electron chi connectivity index (χ3n) is 3.86. The number of methoxy groups -OCH3 is 1. The van der Waals surface area contributed by atoms with Gasteiger partial charge in [0.1, 0.15) is 19.0 Å².